The highest BCUT2D eigenvalue weighted by atomic mass is 19.1. The van der Waals surface area contributed by atoms with Crippen molar-refractivity contribution in [2.45, 2.75) is 59.3 Å². The minimum absolute atomic E-state index is 0.0447. The van der Waals surface area contributed by atoms with Crippen LogP contribution in [0.4, 0.5) is 46.0 Å². The first-order valence-electron chi connectivity index (χ1n) is 35.2. The van der Waals surface area contributed by atoms with Crippen LogP contribution in [0.3, 0.4) is 0 Å². The molecule has 0 heterocycles. The monoisotopic (exact) mass is 1500 g/mol. The molecule has 568 valence electrons. The number of rotatable bonds is 26. The molecule has 0 atom stereocenters. The van der Waals surface area contributed by atoms with E-state index in [1.54, 1.807) is 116 Å². The number of methoxy groups -OCH3 is 2. The quantitative estimate of drug-likeness (QED) is 0.0285. The van der Waals surface area contributed by atoms with Gasteiger partial charge in [-0.2, -0.15) is 0 Å². The molecule has 0 saturated heterocycles. The van der Waals surface area contributed by atoms with Gasteiger partial charge in [0.05, 0.1) is 68.1 Å². The number of halogens is 4. The largest absolute Gasteiger partial charge is 0.497 e. The second-order valence-corrected chi connectivity index (χ2v) is 25.7. The molecule has 17 nitrogen and oxygen atoms in total. The fraction of sp³-hybridized carbons (Fsp3) is 0.156. The maximum Gasteiger partial charge on any atom is 0.269 e. The Morgan fingerprint density at radius 2 is 0.667 bits per heavy atom. The first-order chi connectivity index (χ1) is 53.7. The predicted molar refractivity (Wildman–Crippen MR) is 424 cm³/mol. The molecule has 0 N–H and O–H groups in total. The second-order valence-electron chi connectivity index (χ2n) is 25.7. The Morgan fingerprint density at radius 1 is 0.360 bits per heavy atom. The zero-order valence-corrected chi connectivity index (χ0v) is 62.0. The fourth-order valence-electron chi connectivity index (χ4n) is 11.2. The number of nitrogens with zero attached hydrogens (tertiary/aromatic N) is 5. The first-order valence-corrected chi connectivity index (χ1v) is 35.2. The van der Waals surface area contributed by atoms with Gasteiger partial charge in [-0.15, -0.1) is 0 Å². The normalized spacial score (nSPS) is 10.5. The van der Waals surface area contributed by atoms with Gasteiger partial charge in [0, 0.05) is 24.6 Å². The Labute approximate surface area is 642 Å². The molecular formula is C90H83F4N5O12. The van der Waals surface area contributed by atoms with Crippen molar-refractivity contribution in [3.63, 3.8) is 0 Å². The summed E-state index contributed by atoms with van der Waals surface area (Å²) in [5.41, 5.74) is 6.35. The number of ether oxygens (including phenoxy) is 6. The smallest absolute Gasteiger partial charge is 0.269 e. The molecule has 0 saturated carbocycles. The minimum Gasteiger partial charge on any atom is -0.497 e. The summed E-state index contributed by atoms with van der Waals surface area (Å²) in [7, 11) is 3.22. The summed E-state index contributed by atoms with van der Waals surface area (Å²) in [6.07, 6.45) is 0. The number of non-ortho nitro benzene ring substituents is 1. The van der Waals surface area contributed by atoms with Gasteiger partial charge in [-0.25, -0.2) is 17.6 Å². The molecule has 0 aliphatic carbocycles. The number of hydrogen-bond donors (Lipinski definition) is 0. The van der Waals surface area contributed by atoms with E-state index in [0.717, 1.165) is 11.1 Å². The van der Waals surface area contributed by atoms with Crippen molar-refractivity contribution in [2.24, 2.45) is 0 Å². The zero-order valence-electron chi connectivity index (χ0n) is 62.0. The van der Waals surface area contributed by atoms with E-state index in [9.17, 15) is 46.9 Å². The number of nitro benzene ring substituents is 1. The molecule has 4 amide bonds. The van der Waals surface area contributed by atoms with Crippen molar-refractivity contribution in [3.05, 3.63) is 353 Å². The fourth-order valence-corrected chi connectivity index (χ4v) is 11.2. The van der Waals surface area contributed by atoms with E-state index in [1.165, 1.54) is 63.6 Å². The van der Waals surface area contributed by atoms with Crippen LogP contribution in [0, 0.1) is 15.9 Å². The number of hydrogen-bond acceptors (Lipinski definition) is 12. The topological polar surface area (TPSA) is 180 Å². The number of benzene rings is 12. The summed E-state index contributed by atoms with van der Waals surface area (Å²) in [6, 6.07) is 90.5. The lowest BCUT2D eigenvalue weighted by Crippen LogP contribution is -2.32. The molecule has 0 radical (unpaired) electrons. The lowest BCUT2D eigenvalue weighted by Gasteiger charge is -2.25. The first kappa shape index (κ1) is 81.5. The van der Waals surface area contributed by atoms with Crippen LogP contribution >= 0.6 is 0 Å². The van der Waals surface area contributed by atoms with Gasteiger partial charge < -0.3 is 48.0 Å². The second kappa shape index (κ2) is 41.0. The number of anilines is 4. The molecule has 0 bridgehead atoms. The minimum atomic E-state index is -1.17. The molecule has 0 aliphatic heterocycles. The molecular weight excluding hydrogens is 1420 g/mol. The van der Waals surface area contributed by atoms with E-state index in [0.29, 0.717) is 97.9 Å². The van der Waals surface area contributed by atoms with E-state index >= 15 is 0 Å². The molecule has 12 aromatic rings. The van der Waals surface area contributed by atoms with Gasteiger partial charge in [-0.05, 0) is 155 Å². The van der Waals surface area contributed by atoms with Crippen LogP contribution in [0.1, 0.15) is 55.5 Å². The molecule has 0 spiro atoms. The van der Waals surface area contributed by atoms with Gasteiger partial charge in [-0.1, -0.05) is 191 Å². The highest BCUT2D eigenvalue weighted by Crippen LogP contribution is 2.39. The van der Waals surface area contributed by atoms with Gasteiger partial charge in [0.2, 0.25) is 5.91 Å². The van der Waals surface area contributed by atoms with Crippen molar-refractivity contribution in [1.29, 1.82) is 0 Å². The summed E-state index contributed by atoms with van der Waals surface area (Å²) in [5, 5.41) is 10.8. The highest BCUT2D eigenvalue weighted by Gasteiger charge is 2.26. The number of alkyl halides is 3. The standard InChI is InChI=1S/C25H26FNO2.C23H23NO4.C21H17F2NO2.C21H17FN2O4/c1-25(2,3)20-15-13-19(14-16-20)18-27(24(28)17-26)22-11-7-8-12-23(22)29-21-9-5-4-6-10-21;1-17(25)24(16-18-15-20(26-2)13-14-22(18)27-3)21-11-7-8-12-23(21)28-19-9-5-4-6-10-19;22-14-21(25)24(15-16-10-12-17(23)13-11-16)19-8-4-5-9-20(19)26-18-6-2-1-3-7-18;22-14-21(25)23(15-16-10-12-17(13-11-16)24(26)27)19-8-4-5-9-20(19)28-18-6-2-1-3-7-18/h4-16H,17-18H2,1-3H3;4-15H,16H2,1-3H3;1-13H,14-15H2;1-13H,14-15H2. The number of carbonyl (C=O) groups is 4. The molecule has 21 heteroatoms. The van der Waals surface area contributed by atoms with Crippen molar-refractivity contribution in [1.82, 2.24) is 0 Å². The number of nitro groups is 1. The molecule has 0 fully saturated rings. The Hall–Kier alpha value is -13.6. The lowest BCUT2D eigenvalue weighted by molar-refractivity contribution is -0.384. The number of para-hydroxylation sites is 12. The summed E-state index contributed by atoms with van der Waals surface area (Å²) in [6.45, 7) is 5.36. The third-order valence-electron chi connectivity index (χ3n) is 16.9. The summed E-state index contributed by atoms with van der Waals surface area (Å²) in [5.74, 6) is 3.37. The molecule has 0 aliphatic rings. The lowest BCUT2D eigenvalue weighted by atomic mass is 9.87. The Kier molecular flexibility index (Phi) is 30.1. The molecule has 12 rings (SSSR count). The third-order valence-corrected chi connectivity index (χ3v) is 16.9. The van der Waals surface area contributed by atoms with Gasteiger partial charge in [0.25, 0.3) is 23.4 Å². The molecule has 12 aromatic carbocycles. The van der Waals surface area contributed by atoms with Crippen LogP contribution in [0.5, 0.6) is 57.5 Å². The van der Waals surface area contributed by atoms with Gasteiger partial charge in [0.1, 0.15) is 40.3 Å². The number of amides is 4. The Morgan fingerprint density at radius 3 is 0.964 bits per heavy atom. The maximum atomic E-state index is 13.4. The van der Waals surface area contributed by atoms with Gasteiger partial charge >= 0.3 is 0 Å². The summed E-state index contributed by atoms with van der Waals surface area (Å²) in [4.78, 5) is 65.4. The van der Waals surface area contributed by atoms with Crippen molar-refractivity contribution < 1.29 is 70.1 Å². The van der Waals surface area contributed by atoms with Crippen molar-refractivity contribution in [2.75, 3.05) is 53.8 Å². The van der Waals surface area contributed by atoms with Crippen molar-refractivity contribution in [3.8, 4) is 57.5 Å². The Bertz CT molecular complexity index is 4970. The van der Waals surface area contributed by atoms with Crippen LogP contribution in [-0.2, 0) is 50.8 Å². The van der Waals surface area contributed by atoms with Crippen LogP contribution in [-0.4, -0.2) is 62.8 Å². The third kappa shape index (κ3) is 24.0. The zero-order chi connectivity index (χ0) is 79.1. The van der Waals surface area contributed by atoms with Crippen LogP contribution in [0.15, 0.2) is 309 Å². The average molecular weight is 1500 g/mol. The number of carbonyl (C=O) groups excluding carboxylic acids is 4. The SMILES string of the molecule is CC(C)(C)c1ccc(CN(C(=O)CF)c2ccccc2Oc2ccccc2)cc1.COc1ccc(OC)c(CN(C(C)=O)c2ccccc2Oc2ccccc2)c1.O=C(CF)N(Cc1ccc(F)cc1)c1ccccc1Oc1ccccc1.O=C(CF)N(Cc1ccc([N+](=O)[O-])cc1)c1ccccc1Oc1ccccc1. The van der Waals surface area contributed by atoms with E-state index in [4.69, 9.17) is 28.4 Å². The molecule has 0 aromatic heterocycles. The molecule has 111 heavy (non-hydrogen) atoms. The van der Waals surface area contributed by atoms with Crippen LogP contribution in [0.2, 0.25) is 0 Å². The summed E-state index contributed by atoms with van der Waals surface area (Å²) >= 11 is 0. The average Bonchev–Trinajstić information content (AvgIpc) is 0.829. The van der Waals surface area contributed by atoms with E-state index in [-0.39, 0.29) is 42.5 Å². The van der Waals surface area contributed by atoms with E-state index in [2.05, 4.69) is 32.9 Å². The highest BCUT2D eigenvalue weighted by molar-refractivity contribution is 5.97. The Balaban J connectivity index is 0.000000170. The maximum absolute atomic E-state index is 13.4. The van der Waals surface area contributed by atoms with E-state index < -0.39 is 42.7 Å². The van der Waals surface area contributed by atoms with E-state index in [1.807, 2.05) is 164 Å². The molecule has 0 unspecified atom stereocenters. The van der Waals surface area contributed by atoms with Crippen LogP contribution < -0.4 is 48.0 Å². The summed E-state index contributed by atoms with van der Waals surface area (Å²) < 4.78 is 87.4. The van der Waals surface area contributed by atoms with Gasteiger partial charge in [0.15, 0.2) is 43.0 Å². The van der Waals surface area contributed by atoms with Crippen LogP contribution in [0.25, 0.3) is 0 Å². The predicted octanol–water partition coefficient (Wildman–Crippen LogP) is 21.3. The van der Waals surface area contributed by atoms with Crippen molar-refractivity contribution >= 4 is 52.1 Å². The van der Waals surface area contributed by atoms with Gasteiger partial charge in [-0.3, -0.25) is 29.3 Å².